The first-order valence-electron chi connectivity index (χ1n) is 8.23. The third-order valence-electron chi connectivity index (χ3n) is 4.30. The van der Waals surface area contributed by atoms with Gasteiger partial charge in [-0.1, -0.05) is 23.7 Å². The zero-order chi connectivity index (χ0) is 19.6. The van der Waals surface area contributed by atoms with Crippen molar-refractivity contribution in [1.82, 2.24) is 10.2 Å². The first-order valence-corrected chi connectivity index (χ1v) is 8.61. The molecule has 0 saturated carbocycles. The molecular weight excluding hydrogens is 459 g/mol. The summed E-state index contributed by atoms with van der Waals surface area (Å²) in [5.41, 5.74) is 0.842. The number of halogens is 7. The fraction of sp³-hybridized carbons (Fsp3) is 0.333. The van der Waals surface area contributed by atoms with Gasteiger partial charge >= 0.3 is 6.36 Å². The summed E-state index contributed by atoms with van der Waals surface area (Å²) < 4.78 is 54.9. The van der Waals surface area contributed by atoms with Crippen molar-refractivity contribution in [3.63, 3.8) is 0 Å². The molecule has 1 aliphatic heterocycles. The zero-order valence-electron chi connectivity index (χ0n) is 14.9. The molecule has 0 amide bonds. The molecule has 0 aliphatic carbocycles. The van der Waals surface area contributed by atoms with E-state index in [1.807, 2.05) is 4.90 Å². The minimum absolute atomic E-state index is 0. The summed E-state index contributed by atoms with van der Waals surface area (Å²) in [7, 11) is 0. The number of phenols is 1. The molecule has 11 heteroatoms. The minimum Gasteiger partial charge on any atom is -0.506 e. The van der Waals surface area contributed by atoms with Crippen molar-refractivity contribution in [2.45, 2.75) is 12.4 Å². The van der Waals surface area contributed by atoms with E-state index in [1.54, 1.807) is 0 Å². The van der Waals surface area contributed by atoms with E-state index in [0.717, 1.165) is 6.07 Å². The van der Waals surface area contributed by atoms with Crippen LogP contribution in [0.15, 0.2) is 36.4 Å². The Morgan fingerprint density at radius 2 is 1.66 bits per heavy atom. The van der Waals surface area contributed by atoms with Crippen molar-refractivity contribution in [2.75, 3.05) is 26.2 Å². The van der Waals surface area contributed by atoms with Gasteiger partial charge in [-0.05, 0) is 29.8 Å². The van der Waals surface area contributed by atoms with Crippen LogP contribution in [0.25, 0.3) is 0 Å². The second kappa shape index (κ2) is 10.5. The predicted molar refractivity (Wildman–Crippen MR) is 107 cm³/mol. The topological polar surface area (TPSA) is 44.7 Å². The van der Waals surface area contributed by atoms with Gasteiger partial charge in [0.15, 0.2) is 0 Å². The molecular formula is C18H19Cl3F4N2O2. The van der Waals surface area contributed by atoms with E-state index in [4.69, 9.17) is 11.6 Å². The normalized spacial score (nSPS) is 15.8. The molecule has 3 rings (SSSR count). The molecule has 0 unspecified atom stereocenters. The number of nitrogens with one attached hydrogen (secondary N) is 1. The van der Waals surface area contributed by atoms with Crippen LogP contribution in [-0.2, 0) is 0 Å². The maximum Gasteiger partial charge on any atom is 0.573 e. The maximum atomic E-state index is 13.9. The van der Waals surface area contributed by atoms with Crippen LogP contribution in [-0.4, -0.2) is 42.5 Å². The molecule has 162 valence electrons. The molecule has 1 saturated heterocycles. The van der Waals surface area contributed by atoms with Crippen LogP contribution in [0.3, 0.4) is 0 Å². The fourth-order valence-electron chi connectivity index (χ4n) is 3.17. The van der Waals surface area contributed by atoms with Crippen LogP contribution in [0.1, 0.15) is 17.2 Å². The Hall–Kier alpha value is -1.45. The van der Waals surface area contributed by atoms with Crippen LogP contribution >= 0.6 is 36.4 Å². The number of aromatic hydroxyl groups is 1. The summed E-state index contributed by atoms with van der Waals surface area (Å²) in [5.74, 6) is -1.21. The third kappa shape index (κ3) is 6.52. The van der Waals surface area contributed by atoms with E-state index < -0.39 is 18.2 Å². The van der Waals surface area contributed by atoms with Gasteiger partial charge in [0.05, 0.1) is 11.1 Å². The Morgan fingerprint density at radius 1 is 1.07 bits per heavy atom. The highest BCUT2D eigenvalue weighted by Gasteiger charge is 2.32. The summed E-state index contributed by atoms with van der Waals surface area (Å²) in [6.07, 6.45) is -4.78. The first kappa shape index (κ1) is 25.6. The predicted octanol–water partition coefficient (Wildman–Crippen LogP) is 4.92. The molecule has 1 fully saturated rings. The molecule has 2 N–H and O–H groups in total. The highest BCUT2D eigenvalue weighted by molar-refractivity contribution is 6.32. The Morgan fingerprint density at radius 3 is 2.21 bits per heavy atom. The number of hydrogen-bond acceptors (Lipinski definition) is 4. The molecule has 0 radical (unpaired) electrons. The van der Waals surface area contributed by atoms with Crippen LogP contribution in [0.4, 0.5) is 17.6 Å². The summed E-state index contributed by atoms with van der Waals surface area (Å²) in [5, 5.41) is 13.4. The van der Waals surface area contributed by atoms with Crippen molar-refractivity contribution in [3.8, 4) is 11.5 Å². The van der Waals surface area contributed by atoms with E-state index in [-0.39, 0.29) is 46.9 Å². The summed E-state index contributed by atoms with van der Waals surface area (Å²) >= 11 is 5.92. The number of rotatable bonds is 4. The number of phenolic OH excluding ortho intramolecular Hbond substituents is 1. The Labute approximate surface area is 182 Å². The van der Waals surface area contributed by atoms with Crippen molar-refractivity contribution in [3.05, 3.63) is 58.4 Å². The number of benzene rings is 2. The summed E-state index contributed by atoms with van der Waals surface area (Å²) in [6, 6.07) is 6.94. The number of alkyl halides is 3. The highest BCUT2D eigenvalue weighted by Crippen LogP contribution is 2.39. The Kier molecular flexibility index (Phi) is 9.30. The van der Waals surface area contributed by atoms with Crippen LogP contribution < -0.4 is 10.1 Å². The number of hydrogen-bond donors (Lipinski definition) is 2. The lowest BCUT2D eigenvalue weighted by Gasteiger charge is -2.36. The maximum absolute atomic E-state index is 13.9. The van der Waals surface area contributed by atoms with Crippen molar-refractivity contribution >= 4 is 36.4 Å². The largest absolute Gasteiger partial charge is 0.573 e. The first-order chi connectivity index (χ1) is 12.7. The van der Waals surface area contributed by atoms with Gasteiger partial charge in [-0.15, -0.1) is 38.0 Å². The van der Waals surface area contributed by atoms with E-state index in [2.05, 4.69) is 10.1 Å². The standard InChI is InChI=1S/C18H17ClF4N2O2.2ClH/c19-15-10-12(20)9-14(17(15)26)16(25-7-5-24-6-8-25)11-1-3-13(4-2-11)27-18(21,22)23;;/h1-4,9-10,16,24,26H,5-8H2;2*1H/t16-;;/m0../s1. The number of nitrogens with zero attached hydrogens (tertiary/aromatic N) is 1. The lowest BCUT2D eigenvalue weighted by Crippen LogP contribution is -2.45. The average Bonchev–Trinajstić information content (AvgIpc) is 2.60. The lowest BCUT2D eigenvalue weighted by molar-refractivity contribution is -0.274. The van der Waals surface area contributed by atoms with Crippen molar-refractivity contribution < 1.29 is 27.4 Å². The number of ether oxygens (including phenoxy) is 1. The van der Waals surface area contributed by atoms with Gasteiger partial charge in [0.2, 0.25) is 0 Å². The minimum atomic E-state index is -4.78. The van der Waals surface area contributed by atoms with E-state index in [1.165, 1.54) is 30.3 Å². The van der Waals surface area contributed by atoms with Gasteiger partial charge in [0, 0.05) is 31.7 Å². The highest BCUT2D eigenvalue weighted by atomic mass is 35.5. The molecule has 2 aromatic rings. The smallest absolute Gasteiger partial charge is 0.506 e. The average molecular weight is 478 g/mol. The van der Waals surface area contributed by atoms with Crippen molar-refractivity contribution in [2.24, 2.45) is 0 Å². The second-order valence-corrected chi connectivity index (χ2v) is 6.54. The van der Waals surface area contributed by atoms with Gasteiger partial charge in [-0.25, -0.2) is 4.39 Å². The quantitative estimate of drug-likeness (QED) is 0.614. The molecule has 0 aromatic heterocycles. The molecule has 0 spiro atoms. The van der Waals surface area contributed by atoms with Crippen LogP contribution in [0.2, 0.25) is 5.02 Å². The molecule has 1 atom stereocenters. The lowest BCUT2D eigenvalue weighted by atomic mass is 9.95. The third-order valence-corrected chi connectivity index (χ3v) is 4.59. The molecule has 0 bridgehead atoms. The molecule has 1 heterocycles. The van der Waals surface area contributed by atoms with Gasteiger partial charge in [0.1, 0.15) is 17.3 Å². The Balaban J connectivity index is 0.00000210. The SMILES string of the molecule is Cl.Cl.Oc1c(Cl)cc(F)cc1[C@H](c1ccc(OC(F)(F)F)cc1)N1CCNCC1. The molecule has 29 heavy (non-hydrogen) atoms. The van der Waals surface area contributed by atoms with Crippen LogP contribution in [0, 0.1) is 5.82 Å². The molecule has 2 aromatic carbocycles. The molecule has 1 aliphatic rings. The zero-order valence-corrected chi connectivity index (χ0v) is 17.3. The summed E-state index contributed by atoms with van der Waals surface area (Å²) in [4.78, 5) is 2.00. The Bertz CT molecular complexity index is 801. The van der Waals surface area contributed by atoms with Crippen LogP contribution in [0.5, 0.6) is 11.5 Å². The van der Waals surface area contributed by atoms with E-state index in [0.29, 0.717) is 31.7 Å². The van der Waals surface area contributed by atoms with Gasteiger partial charge in [-0.3, -0.25) is 4.90 Å². The second-order valence-electron chi connectivity index (χ2n) is 6.13. The van der Waals surface area contributed by atoms with E-state index >= 15 is 0 Å². The monoisotopic (exact) mass is 476 g/mol. The van der Waals surface area contributed by atoms with Gasteiger partial charge in [-0.2, -0.15) is 0 Å². The number of piperazine rings is 1. The summed E-state index contributed by atoms with van der Waals surface area (Å²) in [6.45, 7) is 2.60. The van der Waals surface area contributed by atoms with Crippen molar-refractivity contribution in [1.29, 1.82) is 0 Å². The van der Waals surface area contributed by atoms with Gasteiger partial charge < -0.3 is 15.2 Å². The van der Waals surface area contributed by atoms with Gasteiger partial charge in [0.25, 0.3) is 0 Å². The molecule has 4 nitrogen and oxygen atoms in total. The fourth-order valence-corrected chi connectivity index (χ4v) is 3.39. The van der Waals surface area contributed by atoms with E-state index in [9.17, 15) is 22.7 Å².